The SMILES string of the molecule is ClCc1ncoc1-c1cnn(-c2ccccc2)c1. The standard InChI is InChI=1S/C13H10ClN3O/c14-6-12-13(18-9-15-12)10-7-16-17(8-10)11-4-2-1-3-5-11/h1-5,7-9H,6H2. The first kappa shape index (κ1) is 11.0. The van der Waals surface area contributed by atoms with Crippen LogP contribution in [-0.2, 0) is 5.88 Å². The van der Waals surface area contributed by atoms with Crippen LogP contribution in [0, 0.1) is 0 Å². The van der Waals surface area contributed by atoms with Crippen molar-refractivity contribution in [3.8, 4) is 17.0 Å². The van der Waals surface area contributed by atoms with Gasteiger partial charge in [0.2, 0.25) is 0 Å². The number of benzene rings is 1. The van der Waals surface area contributed by atoms with Gasteiger partial charge in [0.25, 0.3) is 0 Å². The molecule has 90 valence electrons. The van der Waals surface area contributed by atoms with E-state index in [-0.39, 0.29) is 0 Å². The van der Waals surface area contributed by atoms with Gasteiger partial charge in [-0.2, -0.15) is 5.10 Å². The van der Waals surface area contributed by atoms with Crippen LogP contribution in [0.15, 0.2) is 53.5 Å². The van der Waals surface area contributed by atoms with Gasteiger partial charge in [0, 0.05) is 6.20 Å². The van der Waals surface area contributed by atoms with E-state index in [1.54, 1.807) is 10.9 Å². The molecule has 0 aliphatic carbocycles. The fourth-order valence-electron chi connectivity index (χ4n) is 1.76. The summed E-state index contributed by atoms with van der Waals surface area (Å²) in [6.45, 7) is 0. The van der Waals surface area contributed by atoms with Gasteiger partial charge in [0.05, 0.1) is 23.3 Å². The Balaban J connectivity index is 2.00. The molecule has 0 spiro atoms. The molecule has 0 saturated heterocycles. The summed E-state index contributed by atoms with van der Waals surface area (Å²) in [6.07, 6.45) is 5.03. The van der Waals surface area contributed by atoms with Gasteiger partial charge in [-0.1, -0.05) is 18.2 Å². The van der Waals surface area contributed by atoms with Crippen molar-refractivity contribution in [2.45, 2.75) is 5.88 Å². The van der Waals surface area contributed by atoms with E-state index >= 15 is 0 Å². The van der Waals surface area contributed by atoms with Gasteiger partial charge in [-0.3, -0.25) is 0 Å². The van der Waals surface area contributed by atoms with Crippen LogP contribution < -0.4 is 0 Å². The van der Waals surface area contributed by atoms with Crippen LogP contribution in [0.2, 0.25) is 0 Å². The number of para-hydroxylation sites is 1. The average Bonchev–Trinajstić information content (AvgIpc) is 3.08. The van der Waals surface area contributed by atoms with Gasteiger partial charge >= 0.3 is 0 Å². The Bertz CT molecular complexity index is 645. The smallest absolute Gasteiger partial charge is 0.181 e. The second kappa shape index (κ2) is 4.66. The fourth-order valence-corrected chi connectivity index (χ4v) is 1.95. The van der Waals surface area contributed by atoms with E-state index in [2.05, 4.69) is 10.1 Å². The number of oxazole rings is 1. The lowest BCUT2D eigenvalue weighted by molar-refractivity contribution is 0.571. The quantitative estimate of drug-likeness (QED) is 0.678. The Hall–Kier alpha value is -2.07. The average molecular weight is 260 g/mol. The Kier molecular flexibility index (Phi) is 2.86. The maximum absolute atomic E-state index is 5.80. The predicted molar refractivity (Wildman–Crippen MR) is 68.6 cm³/mol. The van der Waals surface area contributed by atoms with Crippen molar-refractivity contribution in [1.82, 2.24) is 14.8 Å². The number of rotatable bonds is 3. The Morgan fingerprint density at radius 2 is 2.06 bits per heavy atom. The van der Waals surface area contributed by atoms with E-state index in [0.29, 0.717) is 11.6 Å². The molecular formula is C13H10ClN3O. The van der Waals surface area contributed by atoms with Crippen LogP contribution in [0.25, 0.3) is 17.0 Å². The van der Waals surface area contributed by atoms with Crippen molar-refractivity contribution < 1.29 is 4.42 Å². The van der Waals surface area contributed by atoms with Crippen LogP contribution in [0.1, 0.15) is 5.69 Å². The normalized spacial score (nSPS) is 10.7. The third kappa shape index (κ3) is 1.91. The van der Waals surface area contributed by atoms with Crippen molar-refractivity contribution in [3.63, 3.8) is 0 Å². The molecule has 1 aromatic carbocycles. The summed E-state index contributed by atoms with van der Waals surface area (Å²) in [5.41, 5.74) is 2.59. The third-order valence-corrected chi connectivity index (χ3v) is 2.89. The summed E-state index contributed by atoms with van der Waals surface area (Å²) < 4.78 is 7.13. The topological polar surface area (TPSA) is 43.9 Å². The molecular weight excluding hydrogens is 250 g/mol. The number of alkyl halides is 1. The summed E-state index contributed by atoms with van der Waals surface area (Å²) in [7, 11) is 0. The largest absolute Gasteiger partial charge is 0.443 e. The number of halogens is 1. The van der Waals surface area contributed by atoms with Gasteiger partial charge in [-0.15, -0.1) is 11.6 Å². The lowest BCUT2D eigenvalue weighted by Crippen LogP contribution is -1.92. The first-order chi connectivity index (χ1) is 8.88. The molecule has 0 unspecified atom stereocenters. The van der Waals surface area contributed by atoms with E-state index in [1.165, 1.54) is 6.39 Å². The van der Waals surface area contributed by atoms with E-state index in [1.807, 2.05) is 36.5 Å². The van der Waals surface area contributed by atoms with Gasteiger partial charge in [0.15, 0.2) is 12.2 Å². The molecule has 0 aliphatic heterocycles. The van der Waals surface area contributed by atoms with Crippen LogP contribution in [0.3, 0.4) is 0 Å². The Morgan fingerprint density at radius 1 is 1.22 bits per heavy atom. The summed E-state index contributed by atoms with van der Waals surface area (Å²) in [5, 5.41) is 4.30. The zero-order valence-corrected chi connectivity index (χ0v) is 10.2. The molecule has 4 nitrogen and oxygen atoms in total. The molecule has 3 aromatic rings. The maximum Gasteiger partial charge on any atom is 0.181 e. The third-order valence-electron chi connectivity index (χ3n) is 2.63. The summed E-state index contributed by atoms with van der Waals surface area (Å²) in [6, 6.07) is 9.87. The van der Waals surface area contributed by atoms with E-state index in [9.17, 15) is 0 Å². The number of aromatic nitrogens is 3. The molecule has 0 amide bonds. The number of nitrogens with zero attached hydrogens (tertiary/aromatic N) is 3. The van der Waals surface area contributed by atoms with Crippen molar-refractivity contribution in [2.75, 3.05) is 0 Å². The summed E-state index contributed by atoms with van der Waals surface area (Å²) in [4.78, 5) is 4.06. The predicted octanol–water partition coefficient (Wildman–Crippen LogP) is 3.27. The minimum absolute atomic E-state index is 0.322. The van der Waals surface area contributed by atoms with Crippen LogP contribution in [0.4, 0.5) is 0 Å². The van der Waals surface area contributed by atoms with Crippen LogP contribution in [0.5, 0.6) is 0 Å². The zero-order valence-electron chi connectivity index (χ0n) is 9.45. The lowest BCUT2D eigenvalue weighted by atomic mass is 10.2. The van der Waals surface area contributed by atoms with Gasteiger partial charge in [0.1, 0.15) is 5.69 Å². The minimum atomic E-state index is 0.322. The molecule has 2 heterocycles. The minimum Gasteiger partial charge on any atom is -0.443 e. The second-order valence-electron chi connectivity index (χ2n) is 3.77. The fraction of sp³-hybridized carbons (Fsp3) is 0.0769. The molecule has 0 fully saturated rings. The molecule has 0 radical (unpaired) electrons. The first-order valence-corrected chi connectivity index (χ1v) is 6.01. The Labute approximate surface area is 109 Å². The second-order valence-corrected chi connectivity index (χ2v) is 4.04. The highest BCUT2D eigenvalue weighted by Gasteiger charge is 2.12. The maximum atomic E-state index is 5.80. The van der Waals surface area contributed by atoms with Crippen molar-refractivity contribution >= 4 is 11.6 Å². The monoisotopic (exact) mass is 259 g/mol. The summed E-state index contributed by atoms with van der Waals surface area (Å²) >= 11 is 5.80. The van der Waals surface area contributed by atoms with Crippen LogP contribution in [-0.4, -0.2) is 14.8 Å². The molecule has 5 heteroatoms. The van der Waals surface area contributed by atoms with Crippen molar-refractivity contribution in [2.24, 2.45) is 0 Å². The highest BCUT2D eigenvalue weighted by molar-refractivity contribution is 6.17. The molecule has 18 heavy (non-hydrogen) atoms. The molecule has 0 bridgehead atoms. The molecule has 0 atom stereocenters. The molecule has 2 aromatic heterocycles. The highest BCUT2D eigenvalue weighted by atomic mass is 35.5. The van der Waals surface area contributed by atoms with Crippen molar-refractivity contribution in [1.29, 1.82) is 0 Å². The summed E-state index contributed by atoms with van der Waals surface area (Å²) in [5.74, 6) is 0.995. The van der Waals surface area contributed by atoms with E-state index < -0.39 is 0 Å². The van der Waals surface area contributed by atoms with Crippen LogP contribution >= 0.6 is 11.6 Å². The zero-order chi connectivity index (χ0) is 12.4. The van der Waals surface area contributed by atoms with Crippen molar-refractivity contribution in [3.05, 3.63) is 54.8 Å². The van der Waals surface area contributed by atoms with Gasteiger partial charge in [-0.05, 0) is 12.1 Å². The highest BCUT2D eigenvalue weighted by Crippen LogP contribution is 2.24. The Morgan fingerprint density at radius 3 is 2.83 bits per heavy atom. The van der Waals surface area contributed by atoms with E-state index in [0.717, 1.165) is 16.9 Å². The van der Waals surface area contributed by atoms with Gasteiger partial charge < -0.3 is 4.42 Å². The molecule has 0 saturated carbocycles. The molecule has 0 N–H and O–H groups in total. The number of hydrogen-bond donors (Lipinski definition) is 0. The van der Waals surface area contributed by atoms with E-state index in [4.69, 9.17) is 16.0 Å². The lowest BCUT2D eigenvalue weighted by Gasteiger charge is -1.98. The molecule has 3 rings (SSSR count). The van der Waals surface area contributed by atoms with Gasteiger partial charge in [-0.25, -0.2) is 9.67 Å². The first-order valence-electron chi connectivity index (χ1n) is 5.47. The molecule has 0 aliphatic rings. The number of hydrogen-bond acceptors (Lipinski definition) is 3.